The Bertz CT molecular complexity index is 296. The molecule has 1 aromatic heterocycles. The van der Waals surface area contributed by atoms with Gasteiger partial charge in [-0.15, -0.1) is 0 Å². The lowest BCUT2D eigenvalue weighted by Gasteiger charge is -2.17. The van der Waals surface area contributed by atoms with E-state index in [1.807, 2.05) is 16.8 Å². The molecule has 0 saturated carbocycles. The first-order valence-electron chi connectivity index (χ1n) is 3.64. The molecule has 0 aromatic carbocycles. The fourth-order valence-corrected chi connectivity index (χ4v) is 2.31. The summed E-state index contributed by atoms with van der Waals surface area (Å²) < 4.78 is 5.03. The number of alkyl halides is 1. The van der Waals surface area contributed by atoms with Crippen LogP contribution in [0.3, 0.4) is 0 Å². The highest BCUT2D eigenvalue weighted by Crippen LogP contribution is 2.41. The van der Waals surface area contributed by atoms with Crippen LogP contribution >= 0.6 is 22.9 Å². The number of ether oxygens (including phenoxy) is 1. The van der Waals surface area contributed by atoms with Crippen LogP contribution in [0, 0.1) is 0 Å². The summed E-state index contributed by atoms with van der Waals surface area (Å²) in [6, 6.07) is 1.89. The maximum Gasteiger partial charge on any atom is 0.307 e. The molecule has 1 atom stereocenters. The van der Waals surface area contributed by atoms with Crippen LogP contribution in [0.5, 0.6) is 0 Å². The Labute approximate surface area is 79.1 Å². The highest BCUT2D eigenvalue weighted by molar-refractivity contribution is 7.08. The van der Waals surface area contributed by atoms with Gasteiger partial charge in [-0.05, 0) is 16.8 Å². The van der Waals surface area contributed by atoms with E-state index in [0.717, 1.165) is 5.56 Å². The minimum absolute atomic E-state index is 0.212. The molecule has 1 unspecified atom stereocenters. The molecule has 2 heterocycles. The third-order valence-electron chi connectivity index (χ3n) is 1.88. The number of esters is 1. The smallest absolute Gasteiger partial charge is 0.307 e. The number of hydrogen-bond donors (Lipinski definition) is 0. The number of carbonyl (C=O) groups is 1. The summed E-state index contributed by atoms with van der Waals surface area (Å²) >= 11 is 7.65. The van der Waals surface area contributed by atoms with Gasteiger partial charge in [0.05, 0.1) is 6.42 Å². The third-order valence-corrected chi connectivity index (χ3v) is 3.05. The van der Waals surface area contributed by atoms with Crippen LogP contribution in [0.2, 0.25) is 0 Å². The molecular weight excluding hydrogens is 196 g/mol. The molecule has 64 valence electrons. The minimum Gasteiger partial charge on any atom is -0.439 e. The van der Waals surface area contributed by atoms with Gasteiger partial charge in [0.15, 0.2) is 0 Å². The number of carbonyl (C=O) groups excluding carboxylic acids is 1. The zero-order chi connectivity index (χ0) is 8.60. The number of cyclic esters (lactones) is 1. The van der Waals surface area contributed by atoms with Crippen molar-refractivity contribution in [2.45, 2.75) is 17.9 Å². The van der Waals surface area contributed by atoms with E-state index in [0.29, 0.717) is 12.8 Å². The van der Waals surface area contributed by atoms with Crippen molar-refractivity contribution < 1.29 is 9.53 Å². The minimum atomic E-state index is -0.878. The van der Waals surface area contributed by atoms with E-state index in [4.69, 9.17) is 16.3 Å². The average Bonchev–Trinajstić information content (AvgIpc) is 2.59. The first-order chi connectivity index (χ1) is 5.71. The second-order valence-corrected chi connectivity index (χ2v) is 4.11. The van der Waals surface area contributed by atoms with Crippen molar-refractivity contribution in [2.24, 2.45) is 0 Å². The molecule has 0 N–H and O–H groups in total. The average molecular weight is 203 g/mol. The zero-order valence-electron chi connectivity index (χ0n) is 6.25. The summed E-state index contributed by atoms with van der Waals surface area (Å²) in [5.74, 6) is -0.212. The Morgan fingerprint density at radius 3 is 3.00 bits per heavy atom. The molecule has 0 radical (unpaired) electrons. The SMILES string of the molecule is O=C1CCC(Cl)(c2ccsc2)O1. The second kappa shape index (κ2) is 2.75. The topological polar surface area (TPSA) is 26.3 Å². The Kier molecular flexibility index (Phi) is 1.85. The van der Waals surface area contributed by atoms with Crippen molar-refractivity contribution >= 4 is 28.9 Å². The molecule has 0 aliphatic carbocycles. The molecule has 1 aliphatic heterocycles. The van der Waals surface area contributed by atoms with Gasteiger partial charge in [-0.25, -0.2) is 0 Å². The number of rotatable bonds is 1. The fraction of sp³-hybridized carbons (Fsp3) is 0.375. The van der Waals surface area contributed by atoms with Gasteiger partial charge in [0.2, 0.25) is 5.06 Å². The largest absolute Gasteiger partial charge is 0.439 e. The van der Waals surface area contributed by atoms with E-state index < -0.39 is 5.06 Å². The Morgan fingerprint density at radius 1 is 1.67 bits per heavy atom. The summed E-state index contributed by atoms with van der Waals surface area (Å²) in [6.07, 6.45) is 0.990. The van der Waals surface area contributed by atoms with Crippen LogP contribution in [0.4, 0.5) is 0 Å². The van der Waals surface area contributed by atoms with Crippen molar-refractivity contribution in [1.29, 1.82) is 0 Å². The Balaban J connectivity index is 2.28. The van der Waals surface area contributed by atoms with E-state index in [-0.39, 0.29) is 5.97 Å². The van der Waals surface area contributed by atoms with E-state index in [9.17, 15) is 4.79 Å². The number of thiophene rings is 1. The third kappa shape index (κ3) is 1.23. The molecule has 2 rings (SSSR count). The molecule has 0 spiro atoms. The highest BCUT2D eigenvalue weighted by atomic mass is 35.5. The van der Waals surface area contributed by atoms with E-state index in [1.165, 1.54) is 0 Å². The molecule has 1 fully saturated rings. The summed E-state index contributed by atoms with van der Waals surface area (Å²) in [4.78, 5) is 10.9. The standard InChI is InChI=1S/C8H7ClO2S/c9-8(3-1-7(10)11-8)6-2-4-12-5-6/h2,4-5H,1,3H2. The van der Waals surface area contributed by atoms with Gasteiger partial charge in [-0.3, -0.25) is 4.79 Å². The predicted molar refractivity (Wildman–Crippen MR) is 47.2 cm³/mol. The van der Waals surface area contributed by atoms with Crippen LogP contribution in [0.25, 0.3) is 0 Å². The van der Waals surface area contributed by atoms with Gasteiger partial charge >= 0.3 is 5.97 Å². The summed E-state index contributed by atoms with van der Waals surface area (Å²) in [6.45, 7) is 0. The molecule has 2 nitrogen and oxygen atoms in total. The maximum atomic E-state index is 10.9. The van der Waals surface area contributed by atoms with Crippen LogP contribution in [0.1, 0.15) is 18.4 Å². The van der Waals surface area contributed by atoms with Crippen molar-refractivity contribution in [3.63, 3.8) is 0 Å². The van der Waals surface area contributed by atoms with Gasteiger partial charge in [0, 0.05) is 12.0 Å². The van der Waals surface area contributed by atoms with Gasteiger partial charge in [0.25, 0.3) is 0 Å². The Hall–Kier alpha value is -0.540. The van der Waals surface area contributed by atoms with Crippen LogP contribution in [-0.4, -0.2) is 5.97 Å². The lowest BCUT2D eigenvalue weighted by atomic mass is 10.1. The second-order valence-electron chi connectivity index (χ2n) is 2.71. The summed E-state index contributed by atoms with van der Waals surface area (Å²) in [5.41, 5.74) is 0.889. The zero-order valence-corrected chi connectivity index (χ0v) is 7.82. The van der Waals surface area contributed by atoms with Crippen molar-refractivity contribution in [3.8, 4) is 0 Å². The van der Waals surface area contributed by atoms with Gasteiger partial charge in [0.1, 0.15) is 0 Å². The van der Waals surface area contributed by atoms with Gasteiger partial charge in [-0.2, -0.15) is 11.3 Å². The number of hydrogen-bond acceptors (Lipinski definition) is 3. The summed E-state index contributed by atoms with van der Waals surface area (Å²) in [5, 5.41) is 2.95. The van der Waals surface area contributed by atoms with E-state index in [1.54, 1.807) is 11.3 Å². The number of halogens is 1. The van der Waals surface area contributed by atoms with Crippen molar-refractivity contribution in [3.05, 3.63) is 22.4 Å². The molecule has 0 amide bonds. The molecular formula is C8H7ClO2S. The van der Waals surface area contributed by atoms with Crippen molar-refractivity contribution in [1.82, 2.24) is 0 Å². The van der Waals surface area contributed by atoms with Crippen LogP contribution in [0.15, 0.2) is 16.8 Å². The normalized spacial score (nSPS) is 28.9. The van der Waals surface area contributed by atoms with Gasteiger partial charge in [-0.1, -0.05) is 11.6 Å². The first kappa shape index (κ1) is 8.08. The molecule has 0 bridgehead atoms. The van der Waals surface area contributed by atoms with E-state index in [2.05, 4.69) is 0 Å². The Morgan fingerprint density at radius 2 is 2.50 bits per heavy atom. The van der Waals surface area contributed by atoms with E-state index >= 15 is 0 Å². The first-order valence-corrected chi connectivity index (χ1v) is 4.96. The quantitative estimate of drug-likeness (QED) is 0.517. The molecule has 1 aliphatic rings. The monoisotopic (exact) mass is 202 g/mol. The maximum absolute atomic E-state index is 10.9. The van der Waals surface area contributed by atoms with Crippen LogP contribution in [-0.2, 0) is 14.6 Å². The lowest BCUT2D eigenvalue weighted by molar-refractivity contribution is -0.143. The lowest BCUT2D eigenvalue weighted by Crippen LogP contribution is -2.16. The van der Waals surface area contributed by atoms with Crippen LogP contribution < -0.4 is 0 Å². The molecule has 4 heteroatoms. The van der Waals surface area contributed by atoms with Gasteiger partial charge < -0.3 is 4.74 Å². The fourth-order valence-electron chi connectivity index (χ4n) is 1.23. The predicted octanol–water partition coefficient (Wildman–Crippen LogP) is 2.48. The van der Waals surface area contributed by atoms with Crippen molar-refractivity contribution in [2.75, 3.05) is 0 Å². The molecule has 1 saturated heterocycles. The molecule has 1 aromatic rings. The summed E-state index contributed by atoms with van der Waals surface area (Å²) in [7, 11) is 0. The molecule has 12 heavy (non-hydrogen) atoms. The highest BCUT2D eigenvalue weighted by Gasteiger charge is 2.40.